The van der Waals surface area contributed by atoms with Gasteiger partial charge in [-0.25, -0.2) is 0 Å². The molecule has 1 atom stereocenters. The van der Waals surface area contributed by atoms with Crippen molar-refractivity contribution in [2.75, 3.05) is 20.1 Å². The zero-order valence-electron chi connectivity index (χ0n) is 12.8. The van der Waals surface area contributed by atoms with E-state index in [9.17, 15) is 9.59 Å². The number of carbonyl (C=O) groups is 2. The van der Waals surface area contributed by atoms with Crippen LogP contribution in [-0.2, 0) is 9.59 Å². The minimum atomic E-state index is 0.0555. The van der Waals surface area contributed by atoms with Gasteiger partial charge in [-0.15, -0.1) is 0 Å². The molecule has 0 aromatic carbocycles. The number of hydrogen-bond donors (Lipinski definition) is 0. The molecule has 0 aliphatic rings. The summed E-state index contributed by atoms with van der Waals surface area (Å²) in [5.74, 6) is 0.450. The van der Waals surface area contributed by atoms with Crippen LogP contribution in [0, 0.1) is 11.8 Å². The van der Waals surface area contributed by atoms with Crippen molar-refractivity contribution in [1.29, 1.82) is 0 Å². The summed E-state index contributed by atoms with van der Waals surface area (Å²) >= 11 is 0. The lowest BCUT2D eigenvalue weighted by molar-refractivity contribution is -0.118. The van der Waals surface area contributed by atoms with Crippen LogP contribution in [0.25, 0.3) is 0 Å². The van der Waals surface area contributed by atoms with E-state index >= 15 is 0 Å². The first-order valence-electron chi connectivity index (χ1n) is 6.94. The van der Waals surface area contributed by atoms with Crippen molar-refractivity contribution < 1.29 is 9.59 Å². The van der Waals surface area contributed by atoms with Crippen LogP contribution in [0.2, 0.25) is 0 Å². The molecule has 0 rings (SSSR count). The third-order valence-corrected chi connectivity index (χ3v) is 3.03. The highest BCUT2D eigenvalue weighted by Gasteiger charge is 2.10. The standard InChI is InChI=1S/C16H27NO2/c1-6-8-16(19)14(4)10-12-17(5)11-7-9-15(18)13(2)3/h6-9,13-14H,10-12H2,1-5H3/b8-6+,9-7+. The van der Waals surface area contributed by atoms with Crippen molar-refractivity contribution >= 4 is 11.6 Å². The summed E-state index contributed by atoms with van der Waals surface area (Å²) in [7, 11) is 2.00. The van der Waals surface area contributed by atoms with Gasteiger partial charge in [0.1, 0.15) is 0 Å². The van der Waals surface area contributed by atoms with Crippen molar-refractivity contribution in [3.63, 3.8) is 0 Å². The molecule has 0 heterocycles. The molecule has 108 valence electrons. The number of nitrogens with zero attached hydrogens (tertiary/aromatic N) is 1. The second-order valence-electron chi connectivity index (χ2n) is 5.31. The van der Waals surface area contributed by atoms with Crippen LogP contribution in [0.5, 0.6) is 0 Å². The van der Waals surface area contributed by atoms with Crippen LogP contribution >= 0.6 is 0 Å². The first kappa shape index (κ1) is 17.8. The molecular weight excluding hydrogens is 238 g/mol. The maximum atomic E-state index is 11.6. The average Bonchev–Trinajstić information content (AvgIpc) is 2.35. The van der Waals surface area contributed by atoms with Crippen LogP contribution in [-0.4, -0.2) is 36.6 Å². The van der Waals surface area contributed by atoms with Gasteiger partial charge in [0, 0.05) is 18.4 Å². The van der Waals surface area contributed by atoms with E-state index < -0.39 is 0 Å². The Kier molecular flexibility index (Phi) is 9.06. The number of rotatable bonds is 9. The molecule has 3 nitrogen and oxygen atoms in total. The molecule has 19 heavy (non-hydrogen) atoms. The summed E-state index contributed by atoms with van der Waals surface area (Å²) in [6, 6.07) is 0. The summed E-state index contributed by atoms with van der Waals surface area (Å²) in [6.07, 6.45) is 7.79. The van der Waals surface area contributed by atoms with Gasteiger partial charge in [0.15, 0.2) is 11.6 Å². The Morgan fingerprint density at radius 3 is 2.26 bits per heavy atom. The van der Waals surface area contributed by atoms with Gasteiger partial charge >= 0.3 is 0 Å². The maximum absolute atomic E-state index is 11.6. The van der Waals surface area contributed by atoms with Gasteiger partial charge in [-0.05, 0) is 39.1 Å². The van der Waals surface area contributed by atoms with Gasteiger partial charge in [0.2, 0.25) is 0 Å². The highest BCUT2D eigenvalue weighted by molar-refractivity contribution is 5.91. The summed E-state index contributed by atoms with van der Waals surface area (Å²) in [4.78, 5) is 25.1. The molecule has 0 aliphatic carbocycles. The Balaban J connectivity index is 3.96. The minimum absolute atomic E-state index is 0.0555. The second-order valence-corrected chi connectivity index (χ2v) is 5.31. The Hall–Kier alpha value is -1.22. The third-order valence-electron chi connectivity index (χ3n) is 3.03. The van der Waals surface area contributed by atoms with E-state index in [4.69, 9.17) is 0 Å². The number of allylic oxidation sites excluding steroid dienone is 3. The normalized spacial score (nSPS) is 13.8. The van der Waals surface area contributed by atoms with Gasteiger partial charge in [0.25, 0.3) is 0 Å². The zero-order chi connectivity index (χ0) is 14.8. The molecule has 0 bridgehead atoms. The minimum Gasteiger partial charge on any atom is -0.303 e. The summed E-state index contributed by atoms with van der Waals surface area (Å²) in [5, 5.41) is 0. The van der Waals surface area contributed by atoms with Crippen molar-refractivity contribution in [1.82, 2.24) is 4.90 Å². The highest BCUT2D eigenvalue weighted by Crippen LogP contribution is 2.05. The molecule has 0 fully saturated rings. The predicted octanol–water partition coefficient (Wildman–Crippen LogP) is 2.87. The molecule has 0 saturated carbocycles. The van der Waals surface area contributed by atoms with Crippen molar-refractivity contribution in [2.24, 2.45) is 11.8 Å². The monoisotopic (exact) mass is 265 g/mol. The fourth-order valence-electron chi connectivity index (χ4n) is 1.52. The number of carbonyl (C=O) groups excluding carboxylic acids is 2. The van der Waals surface area contributed by atoms with E-state index in [1.165, 1.54) is 0 Å². The van der Waals surface area contributed by atoms with Gasteiger partial charge in [-0.1, -0.05) is 32.9 Å². The predicted molar refractivity (Wildman–Crippen MR) is 80.1 cm³/mol. The number of ketones is 2. The third kappa shape index (κ3) is 8.49. The zero-order valence-corrected chi connectivity index (χ0v) is 12.8. The molecule has 1 unspecified atom stereocenters. The van der Waals surface area contributed by atoms with Crippen molar-refractivity contribution in [3.8, 4) is 0 Å². The first-order chi connectivity index (χ1) is 8.88. The molecule has 3 heteroatoms. The van der Waals surface area contributed by atoms with Gasteiger partial charge in [0.05, 0.1) is 0 Å². The van der Waals surface area contributed by atoms with Crippen molar-refractivity contribution in [3.05, 3.63) is 24.3 Å². The fourth-order valence-corrected chi connectivity index (χ4v) is 1.52. The quantitative estimate of drug-likeness (QED) is 0.602. The van der Waals surface area contributed by atoms with Crippen LogP contribution in [0.15, 0.2) is 24.3 Å². The van der Waals surface area contributed by atoms with E-state index in [-0.39, 0.29) is 23.4 Å². The van der Waals surface area contributed by atoms with E-state index in [0.29, 0.717) is 0 Å². The Morgan fingerprint density at radius 1 is 1.11 bits per heavy atom. The smallest absolute Gasteiger partial charge is 0.158 e. The van der Waals surface area contributed by atoms with Crippen LogP contribution in [0.4, 0.5) is 0 Å². The SMILES string of the molecule is C/C=C/C(=O)C(C)CCN(C)C/C=C/C(=O)C(C)C. The molecule has 0 N–H and O–H groups in total. The molecule has 0 aromatic rings. The average molecular weight is 265 g/mol. The Bertz CT molecular complexity index is 343. The largest absolute Gasteiger partial charge is 0.303 e. The van der Waals surface area contributed by atoms with E-state index in [1.807, 2.05) is 40.8 Å². The summed E-state index contributed by atoms with van der Waals surface area (Å²) in [6.45, 7) is 9.19. The van der Waals surface area contributed by atoms with Crippen LogP contribution in [0.3, 0.4) is 0 Å². The molecule has 0 aliphatic heterocycles. The lowest BCUT2D eigenvalue weighted by Crippen LogP contribution is -2.23. The van der Waals surface area contributed by atoms with Crippen LogP contribution in [0.1, 0.15) is 34.1 Å². The van der Waals surface area contributed by atoms with E-state index in [1.54, 1.807) is 18.2 Å². The number of likely N-dealkylation sites (N-methyl/N-ethyl adjacent to an activating group) is 1. The molecule has 0 saturated heterocycles. The van der Waals surface area contributed by atoms with Gasteiger partial charge in [-0.2, -0.15) is 0 Å². The van der Waals surface area contributed by atoms with E-state index in [2.05, 4.69) is 4.90 Å². The van der Waals surface area contributed by atoms with Crippen molar-refractivity contribution in [2.45, 2.75) is 34.1 Å². The molecule has 0 spiro atoms. The Labute approximate surface area is 117 Å². The lowest BCUT2D eigenvalue weighted by atomic mass is 10.0. The second kappa shape index (κ2) is 9.68. The molecule has 0 aromatic heterocycles. The molecule has 0 radical (unpaired) electrons. The van der Waals surface area contributed by atoms with Gasteiger partial charge < -0.3 is 4.90 Å². The summed E-state index contributed by atoms with van der Waals surface area (Å²) in [5.41, 5.74) is 0. The molecule has 0 amide bonds. The topological polar surface area (TPSA) is 37.4 Å². The lowest BCUT2D eigenvalue weighted by Gasteiger charge is -2.16. The maximum Gasteiger partial charge on any atom is 0.158 e. The fraction of sp³-hybridized carbons (Fsp3) is 0.625. The summed E-state index contributed by atoms with van der Waals surface area (Å²) < 4.78 is 0. The van der Waals surface area contributed by atoms with E-state index in [0.717, 1.165) is 19.5 Å². The molecular formula is C16H27NO2. The van der Waals surface area contributed by atoms with Gasteiger partial charge in [-0.3, -0.25) is 9.59 Å². The van der Waals surface area contributed by atoms with Crippen LogP contribution < -0.4 is 0 Å². The highest BCUT2D eigenvalue weighted by atomic mass is 16.1. The number of hydrogen-bond acceptors (Lipinski definition) is 3. The first-order valence-corrected chi connectivity index (χ1v) is 6.94. The Morgan fingerprint density at radius 2 is 1.74 bits per heavy atom.